The van der Waals surface area contributed by atoms with Crippen molar-refractivity contribution in [2.24, 2.45) is 0 Å². The van der Waals surface area contributed by atoms with Gasteiger partial charge in [0.1, 0.15) is 12.6 Å². The van der Waals surface area contributed by atoms with Gasteiger partial charge in [0.2, 0.25) is 11.8 Å². The normalized spacial score (nSPS) is 12.5. The zero-order valence-electron chi connectivity index (χ0n) is 23.2. The molecule has 0 aromatic heterocycles. The van der Waals surface area contributed by atoms with Crippen molar-refractivity contribution in [3.8, 4) is 0 Å². The second-order valence-electron chi connectivity index (χ2n) is 10.7. The molecule has 0 unspecified atom stereocenters. The molecule has 7 nitrogen and oxygen atoms in total. The van der Waals surface area contributed by atoms with Crippen molar-refractivity contribution in [2.75, 3.05) is 10.8 Å². The minimum absolute atomic E-state index is 0.0786. The molecule has 1 N–H and O–H groups in total. The highest BCUT2D eigenvalue weighted by Crippen LogP contribution is 2.28. The van der Waals surface area contributed by atoms with Crippen LogP contribution in [-0.4, -0.2) is 43.3 Å². The maximum atomic E-state index is 14.0. The summed E-state index contributed by atoms with van der Waals surface area (Å²) in [6, 6.07) is 20.1. The number of carbonyl (C=O) groups is 2. The van der Waals surface area contributed by atoms with Gasteiger partial charge in [0, 0.05) is 16.6 Å². The molecule has 3 aromatic rings. The lowest BCUT2D eigenvalue weighted by Crippen LogP contribution is -2.54. The van der Waals surface area contributed by atoms with Gasteiger partial charge in [0.05, 0.1) is 10.6 Å². The van der Waals surface area contributed by atoms with Crippen LogP contribution in [0.1, 0.15) is 44.4 Å². The van der Waals surface area contributed by atoms with E-state index in [1.807, 2.05) is 71.0 Å². The number of anilines is 1. The van der Waals surface area contributed by atoms with E-state index in [-0.39, 0.29) is 17.3 Å². The minimum Gasteiger partial charge on any atom is -0.350 e. The summed E-state index contributed by atoms with van der Waals surface area (Å²) in [5.74, 6) is -0.819. The van der Waals surface area contributed by atoms with Gasteiger partial charge in [-0.2, -0.15) is 0 Å². The summed E-state index contributed by atoms with van der Waals surface area (Å²) in [7, 11) is -4.09. The molecule has 0 aliphatic rings. The van der Waals surface area contributed by atoms with Crippen LogP contribution in [0.2, 0.25) is 0 Å². The van der Waals surface area contributed by atoms with E-state index in [2.05, 4.69) is 21.2 Å². The zero-order chi connectivity index (χ0) is 29.0. The smallest absolute Gasteiger partial charge is 0.264 e. The molecule has 0 heterocycles. The molecule has 0 aliphatic heterocycles. The van der Waals surface area contributed by atoms with Gasteiger partial charge in [-0.15, -0.1) is 0 Å². The molecule has 0 saturated heterocycles. The quantitative estimate of drug-likeness (QED) is 0.341. The number of amides is 2. The van der Waals surface area contributed by atoms with Crippen molar-refractivity contribution >= 4 is 43.5 Å². The lowest BCUT2D eigenvalue weighted by atomic mass is 10.1. The number of aryl methyl sites for hydroxylation is 2. The van der Waals surface area contributed by atoms with Gasteiger partial charge in [-0.3, -0.25) is 13.9 Å². The summed E-state index contributed by atoms with van der Waals surface area (Å²) in [4.78, 5) is 28.7. The van der Waals surface area contributed by atoms with Gasteiger partial charge in [-0.1, -0.05) is 64.0 Å². The summed E-state index contributed by atoms with van der Waals surface area (Å²) < 4.78 is 29.8. The Morgan fingerprint density at radius 1 is 0.949 bits per heavy atom. The van der Waals surface area contributed by atoms with Gasteiger partial charge in [-0.25, -0.2) is 8.42 Å². The standard InChI is InChI=1S/C30H36BrN3O4S/c1-21-15-16-27(22(2)17-21)34(39(37,38)26-13-8-7-9-14-26)20-28(35)33(19-24-11-10-12-25(31)18-24)23(3)29(36)32-30(4,5)6/h7-18,23H,19-20H2,1-6H3,(H,32,36)/t23-/m0/s1. The summed E-state index contributed by atoms with van der Waals surface area (Å²) in [6.07, 6.45) is 0. The molecular weight excluding hydrogens is 578 g/mol. The molecule has 3 rings (SSSR count). The van der Waals surface area contributed by atoms with Crippen LogP contribution in [0.4, 0.5) is 5.69 Å². The van der Waals surface area contributed by atoms with E-state index in [0.717, 1.165) is 25.5 Å². The lowest BCUT2D eigenvalue weighted by Gasteiger charge is -2.34. The topological polar surface area (TPSA) is 86.8 Å². The molecule has 0 bridgehead atoms. The fourth-order valence-electron chi connectivity index (χ4n) is 4.21. The highest BCUT2D eigenvalue weighted by Gasteiger charge is 2.33. The summed E-state index contributed by atoms with van der Waals surface area (Å²) in [5.41, 5.74) is 2.41. The van der Waals surface area contributed by atoms with Gasteiger partial charge >= 0.3 is 0 Å². The second kappa shape index (κ2) is 12.3. The van der Waals surface area contributed by atoms with Crippen molar-refractivity contribution in [3.05, 3.63) is 94.0 Å². The molecule has 2 amide bonds. The van der Waals surface area contributed by atoms with Gasteiger partial charge in [-0.05, 0) is 83.0 Å². The maximum absolute atomic E-state index is 14.0. The van der Waals surface area contributed by atoms with E-state index in [0.29, 0.717) is 5.69 Å². The number of sulfonamides is 1. The Kier molecular flexibility index (Phi) is 9.61. The van der Waals surface area contributed by atoms with Crippen LogP contribution < -0.4 is 9.62 Å². The van der Waals surface area contributed by atoms with Crippen molar-refractivity contribution in [1.82, 2.24) is 10.2 Å². The van der Waals surface area contributed by atoms with E-state index < -0.39 is 34.1 Å². The summed E-state index contributed by atoms with van der Waals surface area (Å²) >= 11 is 3.46. The van der Waals surface area contributed by atoms with Gasteiger partial charge in [0.15, 0.2) is 0 Å². The molecule has 0 saturated carbocycles. The molecule has 0 radical (unpaired) electrons. The van der Waals surface area contributed by atoms with Crippen LogP contribution in [0.15, 0.2) is 82.2 Å². The Balaban J connectivity index is 2.06. The number of hydrogen-bond acceptors (Lipinski definition) is 4. The first-order valence-corrected chi connectivity index (χ1v) is 14.9. The fraction of sp³-hybridized carbons (Fsp3) is 0.333. The fourth-order valence-corrected chi connectivity index (χ4v) is 6.15. The molecular formula is C30H36BrN3O4S. The largest absolute Gasteiger partial charge is 0.350 e. The van der Waals surface area contributed by atoms with Crippen LogP contribution in [-0.2, 0) is 26.2 Å². The molecule has 0 aliphatic carbocycles. The Hall–Kier alpha value is -3.17. The van der Waals surface area contributed by atoms with Gasteiger partial charge in [0.25, 0.3) is 10.0 Å². The number of rotatable bonds is 9. The predicted octanol–water partition coefficient (Wildman–Crippen LogP) is 5.59. The van der Waals surface area contributed by atoms with E-state index in [9.17, 15) is 18.0 Å². The SMILES string of the molecule is Cc1ccc(N(CC(=O)N(Cc2cccc(Br)c2)[C@@H](C)C(=O)NC(C)(C)C)S(=O)(=O)c2ccccc2)c(C)c1. The van der Waals surface area contributed by atoms with E-state index >= 15 is 0 Å². The molecule has 208 valence electrons. The van der Waals surface area contributed by atoms with Crippen LogP contribution in [0.5, 0.6) is 0 Å². The first-order valence-electron chi connectivity index (χ1n) is 12.7. The molecule has 1 atom stereocenters. The minimum atomic E-state index is -4.09. The van der Waals surface area contributed by atoms with Gasteiger partial charge < -0.3 is 10.2 Å². The molecule has 39 heavy (non-hydrogen) atoms. The first-order chi connectivity index (χ1) is 18.2. The third kappa shape index (κ3) is 7.92. The number of benzene rings is 3. The maximum Gasteiger partial charge on any atom is 0.264 e. The molecule has 0 spiro atoms. The van der Waals surface area contributed by atoms with Crippen molar-refractivity contribution in [3.63, 3.8) is 0 Å². The summed E-state index contributed by atoms with van der Waals surface area (Å²) in [6.45, 7) is 10.7. The van der Waals surface area contributed by atoms with Crippen LogP contribution in [0.3, 0.4) is 0 Å². The number of nitrogens with one attached hydrogen (secondary N) is 1. The average Bonchev–Trinajstić information content (AvgIpc) is 2.85. The lowest BCUT2D eigenvalue weighted by molar-refractivity contribution is -0.140. The Bertz CT molecular complexity index is 1440. The highest BCUT2D eigenvalue weighted by atomic mass is 79.9. The first kappa shape index (κ1) is 30.4. The Labute approximate surface area is 240 Å². The van der Waals surface area contributed by atoms with E-state index in [1.165, 1.54) is 17.0 Å². The zero-order valence-corrected chi connectivity index (χ0v) is 25.6. The third-order valence-electron chi connectivity index (χ3n) is 6.14. The van der Waals surface area contributed by atoms with E-state index in [4.69, 9.17) is 0 Å². The molecule has 9 heteroatoms. The monoisotopic (exact) mass is 613 g/mol. The number of halogens is 1. The second-order valence-corrected chi connectivity index (χ2v) is 13.5. The van der Waals surface area contributed by atoms with Crippen LogP contribution in [0.25, 0.3) is 0 Å². The van der Waals surface area contributed by atoms with Crippen molar-refractivity contribution < 1.29 is 18.0 Å². The van der Waals surface area contributed by atoms with Crippen molar-refractivity contribution in [2.45, 2.75) is 64.6 Å². The highest BCUT2D eigenvalue weighted by molar-refractivity contribution is 9.10. The Morgan fingerprint density at radius 2 is 1.62 bits per heavy atom. The Morgan fingerprint density at radius 3 is 2.21 bits per heavy atom. The number of hydrogen-bond donors (Lipinski definition) is 1. The molecule has 3 aromatic carbocycles. The third-order valence-corrected chi connectivity index (χ3v) is 8.41. The van der Waals surface area contributed by atoms with Crippen molar-refractivity contribution in [1.29, 1.82) is 0 Å². The molecule has 0 fully saturated rings. The average molecular weight is 615 g/mol. The predicted molar refractivity (Wildman–Crippen MR) is 159 cm³/mol. The van der Waals surface area contributed by atoms with Crippen LogP contribution >= 0.6 is 15.9 Å². The van der Waals surface area contributed by atoms with Crippen LogP contribution in [0, 0.1) is 13.8 Å². The number of carbonyl (C=O) groups excluding carboxylic acids is 2. The van der Waals surface area contributed by atoms with E-state index in [1.54, 1.807) is 31.2 Å². The summed E-state index contributed by atoms with van der Waals surface area (Å²) in [5, 5.41) is 2.93. The number of nitrogens with zero attached hydrogens (tertiary/aromatic N) is 2.